The highest BCUT2D eigenvalue weighted by molar-refractivity contribution is 6.00. The number of H-pyrrole nitrogens is 1. The Kier molecular flexibility index (Phi) is 10.4. The summed E-state index contributed by atoms with van der Waals surface area (Å²) in [6, 6.07) is 7.16. The summed E-state index contributed by atoms with van der Waals surface area (Å²) in [6.45, 7) is 4.75. The maximum atomic E-state index is 14.1. The van der Waals surface area contributed by atoms with E-state index < -0.39 is 48.2 Å². The van der Waals surface area contributed by atoms with E-state index in [9.17, 15) is 19.5 Å². The van der Waals surface area contributed by atoms with Gasteiger partial charge in [-0.3, -0.25) is 14.5 Å². The van der Waals surface area contributed by atoms with Gasteiger partial charge in [0.1, 0.15) is 23.6 Å². The Morgan fingerprint density at radius 1 is 1.18 bits per heavy atom. The highest BCUT2D eigenvalue weighted by atomic mass is 16.6. The number of aliphatic hydroxyl groups is 1. The molecule has 1 fully saturated rings. The van der Waals surface area contributed by atoms with Crippen molar-refractivity contribution in [3.8, 4) is 0 Å². The van der Waals surface area contributed by atoms with Crippen molar-refractivity contribution in [2.24, 2.45) is 11.7 Å². The quantitative estimate of drug-likeness (QED) is 0.370. The van der Waals surface area contributed by atoms with Crippen LogP contribution >= 0.6 is 0 Å². The summed E-state index contributed by atoms with van der Waals surface area (Å²) >= 11 is 0. The number of amides is 3. The van der Waals surface area contributed by atoms with Crippen molar-refractivity contribution in [1.82, 2.24) is 20.2 Å². The zero-order valence-electron chi connectivity index (χ0n) is 22.6. The topological polar surface area (TPSA) is 151 Å². The summed E-state index contributed by atoms with van der Waals surface area (Å²) < 4.78 is 5.42. The third-order valence-corrected chi connectivity index (χ3v) is 6.75. The first kappa shape index (κ1) is 29.3. The lowest BCUT2D eigenvalue weighted by molar-refractivity contribution is -0.152. The standard InChI is InChI=1S/C28H41N5O5/c1-28(2,3)38-27(37)32-21(16-19-10-6-4-7-11-19)26(36)33(23(34)18-29)22(17-20-12-8-5-9-13-20)24(35)25-30-14-15-31-25/h4,6-7,10-11,14-15,20-22,24,35H,5,8-9,12-13,16-18,29H2,1-3H3,(H,30,31)(H,32,37)/t21-,22-,24?/m0/s1. The van der Waals surface area contributed by atoms with Crippen LogP contribution in [0.3, 0.4) is 0 Å². The van der Waals surface area contributed by atoms with Gasteiger partial charge in [0.05, 0.1) is 12.6 Å². The summed E-state index contributed by atoms with van der Waals surface area (Å²) in [6.07, 6.45) is 6.76. The number of nitrogens with zero attached hydrogens (tertiary/aromatic N) is 2. The Labute approximate surface area is 224 Å². The number of nitrogens with two attached hydrogens (primary N) is 1. The first-order chi connectivity index (χ1) is 18.1. The first-order valence-electron chi connectivity index (χ1n) is 13.4. The predicted octanol–water partition coefficient (Wildman–Crippen LogP) is 3.23. The Balaban J connectivity index is 1.97. The predicted molar refractivity (Wildman–Crippen MR) is 143 cm³/mol. The van der Waals surface area contributed by atoms with E-state index in [1.165, 1.54) is 6.20 Å². The maximum Gasteiger partial charge on any atom is 0.408 e. The molecule has 0 radical (unpaired) electrons. The van der Waals surface area contributed by atoms with Crippen LogP contribution in [0.25, 0.3) is 0 Å². The molecule has 3 atom stereocenters. The number of carbonyl (C=O) groups is 3. The molecule has 2 aromatic rings. The minimum atomic E-state index is -1.25. The second kappa shape index (κ2) is 13.5. The van der Waals surface area contributed by atoms with E-state index in [1.54, 1.807) is 27.0 Å². The number of hydrogen-bond acceptors (Lipinski definition) is 7. The lowest BCUT2D eigenvalue weighted by atomic mass is 9.83. The molecule has 1 aliphatic rings. The largest absolute Gasteiger partial charge is 0.444 e. The summed E-state index contributed by atoms with van der Waals surface area (Å²) in [5, 5.41) is 14.0. The SMILES string of the molecule is CC(C)(C)OC(=O)N[C@@H](Cc1ccccc1)C(=O)N(C(=O)CN)[C@@H](CC1CCCCC1)C(O)c1ncc[nH]1. The zero-order valence-corrected chi connectivity index (χ0v) is 22.6. The Morgan fingerprint density at radius 3 is 2.45 bits per heavy atom. The van der Waals surface area contributed by atoms with E-state index in [2.05, 4.69) is 15.3 Å². The van der Waals surface area contributed by atoms with Gasteiger partial charge in [0.2, 0.25) is 5.91 Å². The summed E-state index contributed by atoms with van der Waals surface area (Å²) in [5.41, 5.74) is 5.78. The van der Waals surface area contributed by atoms with E-state index in [4.69, 9.17) is 10.5 Å². The molecular weight excluding hydrogens is 486 g/mol. The lowest BCUT2D eigenvalue weighted by Gasteiger charge is -2.37. The van der Waals surface area contributed by atoms with Gasteiger partial charge in [0, 0.05) is 18.8 Å². The lowest BCUT2D eigenvalue weighted by Crippen LogP contribution is -2.58. The highest BCUT2D eigenvalue weighted by Gasteiger charge is 2.41. The number of imidazole rings is 1. The number of benzene rings is 1. The minimum Gasteiger partial charge on any atom is -0.444 e. The number of imide groups is 1. The molecule has 38 heavy (non-hydrogen) atoms. The van der Waals surface area contributed by atoms with Crippen LogP contribution in [0.5, 0.6) is 0 Å². The van der Waals surface area contributed by atoms with E-state index in [1.807, 2.05) is 30.3 Å². The average Bonchev–Trinajstić information content (AvgIpc) is 3.42. The number of carbonyl (C=O) groups excluding carboxylic acids is 3. The number of aliphatic hydroxyl groups excluding tert-OH is 1. The van der Waals surface area contributed by atoms with Crippen molar-refractivity contribution in [3.63, 3.8) is 0 Å². The monoisotopic (exact) mass is 527 g/mol. The molecule has 1 aromatic heterocycles. The smallest absolute Gasteiger partial charge is 0.408 e. The minimum absolute atomic E-state index is 0.125. The maximum absolute atomic E-state index is 14.1. The van der Waals surface area contributed by atoms with Gasteiger partial charge in [0.25, 0.3) is 5.91 Å². The molecule has 10 heteroatoms. The Hall–Kier alpha value is -3.24. The van der Waals surface area contributed by atoms with Gasteiger partial charge in [-0.05, 0) is 38.7 Å². The Morgan fingerprint density at radius 2 is 1.87 bits per heavy atom. The van der Waals surface area contributed by atoms with Crippen LogP contribution in [-0.4, -0.2) is 62.1 Å². The molecule has 0 spiro atoms. The molecule has 1 aliphatic carbocycles. The van der Waals surface area contributed by atoms with E-state index in [0.29, 0.717) is 6.42 Å². The Bertz CT molecular complexity index is 1030. The number of alkyl carbamates (subject to hydrolysis) is 1. The van der Waals surface area contributed by atoms with Crippen LogP contribution in [0, 0.1) is 5.92 Å². The molecule has 5 N–H and O–H groups in total. The fourth-order valence-corrected chi connectivity index (χ4v) is 5.00. The molecule has 3 amide bonds. The van der Waals surface area contributed by atoms with Gasteiger partial charge >= 0.3 is 6.09 Å². The number of ether oxygens (including phenoxy) is 1. The molecule has 0 bridgehead atoms. The fraction of sp³-hybridized carbons (Fsp3) is 0.571. The van der Waals surface area contributed by atoms with E-state index >= 15 is 0 Å². The molecule has 208 valence electrons. The van der Waals surface area contributed by atoms with Crippen molar-refractivity contribution in [3.05, 3.63) is 54.1 Å². The number of aromatic nitrogens is 2. The second-order valence-corrected chi connectivity index (χ2v) is 10.9. The van der Waals surface area contributed by atoms with E-state index in [-0.39, 0.29) is 18.2 Å². The van der Waals surface area contributed by atoms with Gasteiger partial charge in [-0.25, -0.2) is 9.78 Å². The van der Waals surface area contributed by atoms with Crippen LogP contribution in [0.15, 0.2) is 42.7 Å². The zero-order chi connectivity index (χ0) is 27.7. The molecule has 1 unspecified atom stereocenters. The molecule has 10 nitrogen and oxygen atoms in total. The molecule has 1 saturated carbocycles. The van der Waals surface area contributed by atoms with Crippen LogP contribution in [0.1, 0.15) is 76.8 Å². The van der Waals surface area contributed by atoms with Crippen molar-refractivity contribution >= 4 is 17.9 Å². The summed E-state index contributed by atoms with van der Waals surface area (Å²) in [4.78, 5) is 48.3. The summed E-state index contributed by atoms with van der Waals surface area (Å²) in [7, 11) is 0. The van der Waals surface area contributed by atoms with Gasteiger partial charge in [-0.15, -0.1) is 0 Å². The fourth-order valence-electron chi connectivity index (χ4n) is 5.00. The van der Waals surface area contributed by atoms with Crippen LogP contribution in [0.4, 0.5) is 4.79 Å². The van der Waals surface area contributed by atoms with Crippen molar-refractivity contribution in [1.29, 1.82) is 0 Å². The highest BCUT2D eigenvalue weighted by Crippen LogP contribution is 2.33. The normalized spacial score (nSPS) is 16.8. The number of nitrogens with one attached hydrogen (secondary N) is 2. The van der Waals surface area contributed by atoms with Crippen molar-refractivity contribution in [2.75, 3.05) is 6.54 Å². The molecule has 0 aliphatic heterocycles. The third-order valence-electron chi connectivity index (χ3n) is 6.75. The van der Waals surface area contributed by atoms with Crippen LogP contribution in [0.2, 0.25) is 0 Å². The first-order valence-corrected chi connectivity index (χ1v) is 13.4. The van der Waals surface area contributed by atoms with E-state index in [0.717, 1.165) is 42.6 Å². The van der Waals surface area contributed by atoms with Gasteiger partial charge in [0.15, 0.2) is 0 Å². The second-order valence-electron chi connectivity index (χ2n) is 10.9. The van der Waals surface area contributed by atoms with Crippen LogP contribution in [-0.2, 0) is 20.7 Å². The number of rotatable bonds is 10. The average molecular weight is 528 g/mol. The van der Waals surface area contributed by atoms with Gasteiger partial charge in [-0.1, -0.05) is 62.4 Å². The van der Waals surface area contributed by atoms with Crippen molar-refractivity contribution in [2.45, 2.75) is 89.5 Å². The molecule has 1 heterocycles. The molecule has 3 rings (SSSR count). The molecule has 0 saturated heterocycles. The number of aromatic amines is 1. The van der Waals surface area contributed by atoms with Gasteiger partial charge in [-0.2, -0.15) is 0 Å². The van der Waals surface area contributed by atoms with Crippen molar-refractivity contribution < 1.29 is 24.2 Å². The van der Waals surface area contributed by atoms with Gasteiger partial charge < -0.3 is 25.9 Å². The summed E-state index contributed by atoms with van der Waals surface area (Å²) in [5.74, 6) is -0.800. The molecule has 1 aromatic carbocycles. The molecular formula is C28H41N5O5. The third kappa shape index (κ3) is 8.39. The number of hydrogen-bond donors (Lipinski definition) is 4. The van der Waals surface area contributed by atoms with Crippen LogP contribution < -0.4 is 11.1 Å².